The Morgan fingerprint density at radius 3 is 2.57 bits per heavy atom. The van der Waals surface area contributed by atoms with Crippen LogP contribution in [0.2, 0.25) is 0 Å². The molecule has 1 aliphatic heterocycles. The Morgan fingerprint density at radius 2 is 1.87 bits per heavy atom. The minimum absolute atomic E-state index is 0.743. The number of hydrogen-bond donors (Lipinski definition) is 0. The third kappa shape index (κ3) is 3.98. The van der Waals surface area contributed by atoms with Crippen LogP contribution in [0.3, 0.4) is 0 Å². The molecule has 0 N–H and O–H groups in total. The fourth-order valence-electron chi connectivity index (χ4n) is 3.08. The molecule has 1 fully saturated rings. The van der Waals surface area contributed by atoms with Gasteiger partial charge in [0, 0.05) is 51.7 Å². The van der Waals surface area contributed by atoms with Gasteiger partial charge in [-0.15, -0.1) is 0 Å². The van der Waals surface area contributed by atoms with Crippen molar-refractivity contribution in [2.75, 3.05) is 26.2 Å². The van der Waals surface area contributed by atoms with E-state index in [9.17, 15) is 0 Å². The van der Waals surface area contributed by atoms with E-state index in [2.05, 4.69) is 38.4 Å². The zero-order valence-corrected chi connectivity index (χ0v) is 13.6. The summed E-state index contributed by atoms with van der Waals surface area (Å²) in [4.78, 5) is 9.39. The summed E-state index contributed by atoms with van der Waals surface area (Å²) >= 11 is 0. The first-order valence-electron chi connectivity index (χ1n) is 8.22. The maximum atomic E-state index is 8.99. The van der Waals surface area contributed by atoms with Crippen molar-refractivity contribution in [3.63, 3.8) is 0 Å². The van der Waals surface area contributed by atoms with Crippen molar-refractivity contribution in [1.82, 2.24) is 19.4 Å². The lowest BCUT2D eigenvalue weighted by molar-refractivity contribution is 0.119. The predicted octanol–water partition coefficient (Wildman–Crippen LogP) is 2.09. The second-order valence-corrected chi connectivity index (χ2v) is 5.99. The number of hydrogen-bond acceptors (Lipinski definition) is 4. The highest BCUT2D eigenvalue weighted by molar-refractivity contribution is 5.32. The standard InChI is InChI=1S/C18H23N5/c1-2-23-7-6-20-18(23)15-22-10-8-21(9-11-22)14-17-5-3-4-16(12-17)13-19/h3-7,12H,2,8-11,14-15H2,1H3. The lowest BCUT2D eigenvalue weighted by Gasteiger charge is -2.34. The molecule has 0 bridgehead atoms. The number of rotatable bonds is 5. The summed E-state index contributed by atoms with van der Waals surface area (Å²) in [5.74, 6) is 1.16. The van der Waals surface area contributed by atoms with Crippen molar-refractivity contribution in [3.8, 4) is 6.07 Å². The molecule has 1 aromatic heterocycles. The largest absolute Gasteiger partial charge is 0.334 e. The van der Waals surface area contributed by atoms with Crippen LogP contribution in [0.5, 0.6) is 0 Å². The summed E-state index contributed by atoms with van der Waals surface area (Å²) in [6.45, 7) is 9.23. The smallest absolute Gasteiger partial charge is 0.122 e. The topological polar surface area (TPSA) is 48.1 Å². The number of nitriles is 1. The van der Waals surface area contributed by atoms with Crippen LogP contribution in [0.4, 0.5) is 0 Å². The number of benzene rings is 1. The van der Waals surface area contributed by atoms with Crippen LogP contribution in [0.1, 0.15) is 23.9 Å². The average Bonchev–Trinajstić information content (AvgIpc) is 3.04. The summed E-state index contributed by atoms with van der Waals surface area (Å²) in [5, 5.41) is 8.99. The van der Waals surface area contributed by atoms with Gasteiger partial charge in [0.15, 0.2) is 0 Å². The van der Waals surface area contributed by atoms with Crippen LogP contribution in [0, 0.1) is 11.3 Å². The minimum atomic E-state index is 0.743. The summed E-state index contributed by atoms with van der Waals surface area (Å²) in [6.07, 6.45) is 3.94. The zero-order chi connectivity index (χ0) is 16.1. The second-order valence-electron chi connectivity index (χ2n) is 5.99. The van der Waals surface area contributed by atoms with Gasteiger partial charge < -0.3 is 4.57 Å². The fraction of sp³-hybridized carbons (Fsp3) is 0.444. The van der Waals surface area contributed by atoms with E-state index in [1.165, 1.54) is 5.56 Å². The molecule has 3 rings (SSSR count). The number of aryl methyl sites for hydroxylation is 1. The molecule has 1 aromatic carbocycles. The fourth-order valence-corrected chi connectivity index (χ4v) is 3.08. The molecule has 0 radical (unpaired) electrons. The van der Waals surface area contributed by atoms with Crippen LogP contribution >= 0.6 is 0 Å². The maximum Gasteiger partial charge on any atom is 0.122 e. The van der Waals surface area contributed by atoms with Gasteiger partial charge in [-0.05, 0) is 24.6 Å². The van der Waals surface area contributed by atoms with E-state index in [0.717, 1.165) is 57.2 Å². The number of aromatic nitrogens is 2. The van der Waals surface area contributed by atoms with Crippen molar-refractivity contribution in [2.24, 2.45) is 0 Å². The van der Waals surface area contributed by atoms with E-state index >= 15 is 0 Å². The summed E-state index contributed by atoms with van der Waals surface area (Å²) in [7, 11) is 0. The van der Waals surface area contributed by atoms with Gasteiger partial charge in [-0.1, -0.05) is 12.1 Å². The molecule has 0 unspecified atom stereocenters. The van der Waals surface area contributed by atoms with Gasteiger partial charge in [0.25, 0.3) is 0 Å². The van der Waals surface area contributed by atoms with Crippen molar-refractivity contribution in [3.05, 3.63) is 53.6 Å². The van der Waals surface area contributed by atoms with Gasteiger partial charge in [-0.25, -0.2) is 4.98 Å². The Hall–Kier alpha value is -2.16. The molecule has 5 nitrogen and oxygen atoms in total. The third-order valence-corrected chi connectivity index (χ3v) is 4.43. The Labute approximate surface area is 137 Å². The Morgan fingerprint density at radius 1 is 1.13 bits per heavy atom. The lowest BCUT2D eigenvalue weighted by Crippen LogP contribution is -2.45. The molecule has 23 heavy (non-hydrogen) atoms. The molecule has 0 spiro atoms. The van der Waals surface area contributed by atoms with Crippen molar-refractivity contribution in [2.45, 2.75) is 26.6 Å². The molecule has 120 valence electrons. The Balaban J connectivity index is 1.51. The third-order valence-electron chi connectivity index (χ3n) is 4.43. The second kappa shape index (κ2) is 7.40. The Bertz CT molecular complexity index is 677. The van der Waals surface area contributed by atoms with Crippen LogP contribution in [0.15, 0.2) is 36.7 Å². The highest BCUT2D eigenvalue weighted by Crippen LogP contribution is 2.12. The highest BCUT2D eigenvalue weighted by Gasteiger charge is 2.18. The van der Waals surface area contributed by atoms with Gasteiger partial charge in [-0.2, -0.15) is 5.26 Å². The maximum absolute atomic E-state index is 8.99. The van der Waals surface area contributed by atoms with Gasteiger partial charge in [0.05, 0.1) is 18.2 Å². The van der Waals surface area contributed by atoms with Crippen molar-refractivity contribution in [1.29, 1.82) is 5.26 Å². The number of nitrogens with zero attached hydrogens (tertiary/aromatic N) is 5. The van der Waals surface area contributed by atoms with Crippen LogP contribution in [-0.4, -0.2) is 45.5 Å². The van der Waals surface area contributed by atoms with Gasteiger partial charge in [0.2, 0.25) is 0 Å². The molecule has 2 aromatic rings. The van der Waals surface area contributed by atoms with E-state index in [1.54, 1.807) is 0 Å². The molecule has 2 heterocycles. The van der Waals surface area contributed by atoms with Crippen molar-refractivity contribution >= 4 is 0 Å². The monoisotopic (exact) mass is 309 g/mol. The highest BCUT2D eigenvalue weighted by atomic mass is 15.3. The molecular formula is C18H23N5. The summed E-state index contributed by atoms with van der Waals surface area (Å²) in [6, 6.07) is 10.1. The van der Waals surface area contributed by atoms with E-state index in [1.807, 2.05) is 30.6 Å². The first-order chi connectivity index (χ1) is 11.3. The van der Waals surface area contributed by atoms with Crippen LogP contribution < -0.4 is 0 Å². The van der Waals surface area contributed by atoms with E-state index in [4.69, 9.17) is 5.26 Å². The van der Waals surface area contributed by atoms with Gasteiger partial charge >= 0.3 is 0 Å². The quantitative estimate of drug-likeness (QED) is 0.848. The molecule has 0 saturated carbocycles. The molecule has 1 saturated heterocycles. The van der Waals surface area contributed by atoms with Crippen molar-refractivity contribution < 1.29 is 0 Å². The van der Waals surface area contributed by atoms with Crippen LogP contribution in [0.25, 0.3) is 0 Å². The molecule has 5 heteroatoms. The predicted molar refractivity (Wildman–Crippen MR) is 89.6 cm³/mol. The molecule has 1 aliphatic rings. The lowest BCUT2D eigenvalue weighted by atomic mass is 10.1. The molecular weight excluding hydrogens is 286 g/mol. The molecule has 0 atom stereocenters. The van der Waals surface area contributed by atoms with Crippen LogP contribution in [-0.2, 0) is 19.6 Å². The van der Waals surface area contributed by atoms with Gasteiger partial charge in [0.1, 0.15) is 5.82 Å². The van der Waals surface area contributed by atoms with Gasteiger partial charge in [-0.3, -0.25) is 9.80 Å². The Kier molecular flexibility index (Phi) is 5.06. The summed E-state index contributed by atoms with van der Waals surface area (Å²) < 4.78 is 2.21. The molecule has 0 aliphatic carbocycles. The first kappa shape index (κ1) is 15.7. The SMILES string of the molecule is CCn1ccnc1CN1CCN(Cc2cccc(C#N)c2)CC1. The van der Waals surface area contributed by atoms with E-state index in [-0.39, 0.29) is 0 Å². The van der Waals surface area contributed by atoms with E-state index < -0.39 is 0 Å². The zero-order valence-electron chi connectivity index (χ0n) is 13.6. The van der Waals surface area contributed by atoms with E-state index in [0.29, 0.717) is 0 Å². The number of piperazine rings is 1. The number of imidazole rings is 1. The first-order valence-corrected chi connectivity index (χ1v) is 8.22. The summed E-state index contributed by atoms with van der Waals surface area (Å²) in [5.41, 5.74) is 1.96. The molecule has 0 amide bonds. The average molecular weight is 309 g/mol. The minimum Gasteiger partial charge on any atom is -0.334 e. The normalized spacial score (nSPS) is 16.3.